The van der Waals surface area contributed by atoms with Crippen LogP contribution in [0.25, 0.3) is 0 Å². The zero-order valence-corrected chi connectivity index (χ0v) is 23.7. The highest BCUT2D eigenvalue weighted by Gasteiger charge is 2.35. The molecule has 0 aliphatic rings. The molecular weight excluding hydrogens is 490 g/mol. The molecule has 0 bridgehead atoms. The van der Waals surface area contributed by atoms with Gasteiger partial charge >= 0.3 is 0 Å². The normalized spacial score (nSPS) is 13.8. The van der Waals surface area contributed by atoms with Gasteiger partial charge in [0.05, 0.1) is 17.5 Å². The summed E-state index contributed by atoms with van der Waals surface area (Å²) in [6.45, 7) is 9.46. The summed E-state index contributed by atoms with van der Waals surface area (Å²) in [5.41, 5.74) is 2.79. The van der Waals surface area contributed by atoms with Crippen molar-refractivity contribution in [2.24, 2.45) is 11.8 Å². The Morgan fingerprint density at radius 3 is 1.92 bits per heavy atom. The standard InChI is InChI=1S/C33H40ClN3O/c1-24(2)31(37-22-30(26-12-7-5-8-13-26)27-14-9-6-10-15-27)32(38)36-21-11-20-33(23-35,25(3)4)28-16-18-29(34)19-17-28/h5-10,12-19,24-25,30-31,37H,11,20-22H2,1-4H3,(H,36,38)/t31-,33?/m0/s1. The van der Waals surface area contributed by atoms with E-state index in [1.54, 1.807) is 0 Å². The Labute approximate surface area is 233 Å². The van der Waals surface area contributed by atoms with E-state index in [0.29, 0.717) is 31.0 Å². The molecule has 0 aliphatic carbocycles. The summed E-state index contributed by atoms with van der Waals surface area (Å²) in [6.07, 6.45) is 1.37. The molecule has 0 saturated carbocycles. The first-order valence-corrected chi connectivity index (χ1v) is 13.9. The number of hydrogen-bond acceptors (Lipinski definition) is 3. The average molecular weight is 530 g/mol. The largest absolute Gasteiger partial charge is 0.355 e. The van der Waals surface area contributed by atoms with E-state index in [1.807, 2.05) is 36.4 Å². The van der Waals surface area contributed by atoms with Crippen molar-refractivity contribution in [1.29, 1.82) is 5.26 Å². The van der Waals surface area contributed by atoms with Crippen LogP contribution in [0.2, 0.25) is 5.02 Å². The lowest BCUT2D eigenvalue weighted by Crippen LogP contribution is -2.49. The quantitative estimate of drug-likeness (QED) is 0.232. The van der Waals surface area contributed by atoms with Crippen LogP contribution in [-0.2, 0) is 10.2 Å². The van der Waals surface area contributed by atoms with Gasteiger partial charge in [-0.15, -0.1) is 0 Å². The molecule has 38 heavy (non-hydrogen) atoms. The molecule has 3 rings (SSSR count). The lowest BCUT2D eigenvalue weighted by molar-refractivity contribution is -0.124. The van der Waals surface area contributed by atoms with Gasteiger partial charge in [-0.25, -0.2) is 0 Å². The van der Waals surface area contributed by atoms with E-state index < -0.39 is 5.41 Å². The van der Waals surface area contributed by atoms with Crippen molar-refractivity contribution in [3.8, 4) is 6.07 Å². The fraction of sp³-hybridized carbons (Fsp3) is 0.394. The third kappa shape index (κ3) is 7.47. The zero-order valence-electron chi connectivity index (χ0n) is 23.0. The first-order valence-electron chi connectivity index (χ1n) is 13.6. The van der Waals surface area contributed by atoms with E-state index in [2.05, 4.69) is 92.9 Å². The fourth-order valence-corrected chi connectivity index (χ4v) is 5.25. The van der Waals surface area contributed by atoms with Crippen molar-refractivity contribution < 1.29 is 4.79 Å². The van der Waals surface area contributed by atoms with E-state index in [1.165, 1.54) is 11.1 Å². The van der Waals surface area contributed by atoms with Crippen LogP contribution in [0, 0.1) is 23.2 Å². The molecule has 0 aromatic heterocycles. The molecule has 0 radical (unpaired) electrons. The summed E-state index contributed by atoms with van der Waals surface area (Å²) in [5.74, 6) is 0.402. The summed E-state index contributed by atoms with van der Waals surface area (Å²) in [7, 11) is 0. The number of nitrogens with zero attached hydrogens (tertiary/aromatic N) is 1. The smallest absolute Gasteiger partial charge is 0.237 e. The van der Waals surface area contributed by atoms with Gasteiger partial charge in [-0.2, -0.15) is 5.26 Å². The van der Waals surface area contributed by atoms with Crippen molar-refractivity contribution in [1.82, 2.24) is 10.6 Å². The van der Waals surface area contributed by atoms with Gasteiger partial charge in [-0.1, -0.05) is 112 Å². The molecule has 0 fully saturated rings. The molecule has 3 aromatic rings. The highest BCUT2D eigenvalue weighted by atomic mass is 35.5. The maximum Gasteiger partial charge on any atom is 0.237 e. The topological polar surface area (TPSA) is 64.9 Å². The van der Waals surface area contributed by atoms with Gasteiger partial charge in [-0.3, -0.25) is 4.79 Å². The predicted octanol–water partition coefficient (Wildman–Crippen LogP) is 7.10. The summed E-state index contributed by atoms with van der Waals surface area (Å²) >= 11 is 6.08. The third-order valence-corrected chi connectivity index (χ3v) is 7.74. The molecule has 200 valence electrons. The van der Waals surface area contributed by atoms with Gasteiger partial charge in [0.1, 0.15) is 0 Å². The first-order chi connectivity index (χ1) is 18.3. The highest BCUT2D eigenvalue weighted by molar-refractivity contribution is 6.30. The number of hydrogen-bond donors (Lipinski definition) is 2. The Bertz CT molecular complexity index is 1130. The molecule has 3 aromatic carbocycles. The van der Waals surface area contributed by atoms with Gasteiger partial charge < -0.3 is 10.6 Å². The molecule has 0 spiro atoms. The molecule has 1 amide bonds. The number of nitrogens with one attached hydrogen (secondary N) is 2. The van der Waals surface area contributed by atoms with Gasteiger partial charge in [0.2, 0.25) is 5.91 Å². The Morgan fingerprint density at radius 2 is 1.45 bits per heavy atom. The Kier molecular flexibility index (Phi) is 11.0. The SMILES string of the molecule is CC(C)[C@H](NCC(c1ccccc1)c1ccccc1)C(=O)NCCCC(C#N)(c1ccc(Cl)cc1)C(C)C. The minimum absolute atomic E-state index is 0.00142. The average Bonchev–Trinajstić information content (AvgIpc) is 2.92. The number of carbonyl (C=O) groups excluding carboxylic acids is 1. The minimum Gasteiger partial charge on any atom is -0.355 e. The lowest BCUT2D eigenvalue weighted by Gasteiger charge is -2.31. The first kappa shape index (κ1) is 29.4. The molecule has 2 atom stereocenters. The Balaban J connectivity index is 1.63. The summed E-state index contributed by atoms with van der Waals surface area (Å²) < 4.78 is 0. The van der Waals surface area contributed by atoms with Crippen molar-refractivity contribution in [3.05, 3.63) is 107 Å². The minimum atomic E-state index is -0.621. The number of halogens is 1. The monoisotopic (exact) mass is 529 g/mol. The van der Waals surface area contributed by atoms with Crippen LogP contribution in [0.15, 0.2) is 84.9 Å². The van der Waals surface area contributed by atoms with Crippen LogP contribution >= 0.6 is 11.6 Å². The molecule has 2 N–H and O–H groups in total. The van der Waals surface area contributed by atoms with Gasteiger partial charge in [-0.05, 0) is 53.5 Å². The molecule has 5 heteroatoms. The number of benzene rings is 3. The summed E-state index contributed by atoms with van der Waals surface area (Å²) in [6, 6.07) is 30.7. The predicted molar refractivity (Wildman–Crippen MR) is 157 cm³/mol. The van der Waals surface area contributed by atoms with Crippen LogP contribution < -0.4 is 10.6 Å². The molecule has 0 saturated heterocycles. The fourth-order valence-electron chi connectivity index (χ4n) is 5.13. The number of nitriles is 1. The van der Waals surface area contributed by atoms with Crippen molar-refractivity contribution in [2.75, 3.05) is 13.1 Å². The summed E-state index contributed by atoms with van der Waals surface area (Å²) in [4.78, 5) is 13.3. The van der Waals surface area contributed by atoms with E-state index in [-0.39, 0.29) is 29.7 Å². The molecular formula is C33H40ClN3O. The second-order valence-corrected chi connectivity index (χ2v) is 11.1. The molecule has 0 aliphatic heterocycles. The number of carbonyl (C=O) groups is 1. The number of rotatable bonds is 13. The third-order valence-electron chi connectivity index (χ3n) is 7.49. The maximum atomic E-state index is 13.3. The second kappa shape index (κ2) is 14.1. The van der Waals surface area contributed by atoms with Crippen molar-refractivity contribution in [3.63, 3.8) is 0 Å². The summed E-state index contributed by atoms with van der Waals surface area (Å²) in [5, 5.41) is 17.5. The van der Waals surface area contributed by atoms with Gasteiger partial charge in [0, 0.05) is 24.0 Å². The van der Waals surface area contributed by atoms with Crippen LogP contribution in [0.3, 0.4) is 0 Å². The van der Waals surface area contributed by atoms with Crippen LogP contribution in [0.1, 0.15) is 63.1 Å². The maximum absolute atomic E-state index is 13.3. The van der Waals surface area contributed by atoms with Gasteiger partial charge in [0.25, 0.3) is 0 Å². The van der Waals surface area contributed by atoms with Crippen LogP contribution in [-0.4, -0.2) is 25.0 Å². The molecule has 4 nitrogen and oxygen atoms in total. The Morgan fingerprint density at radius 1 is 0.895 bits per heavy atom. The molecule has 1 unspecified atom stereocenters. The second-order valence-electron chi connectivity index (χ2n) is 10.6. The molecule has 0 heterocycles. The van der Waals surface area contributed by atoms with E-state index in [4.69, 9.17) is 11.6 Å². The van der Waals surface area contributed by atoms with Gasteiger partial charge in [0.15, 0.2) is 0 Å². The Hall–Kier alpha value is -3.13. The van der Waals surface area contributed by atoms with Crippen LogP contribution in [0.5, 0.6) is 0 Å². The van der Waals surface area contributed by atoms with E-state index in [9.17, 15) is 10.1 Å². The van der Waals surface area contributed by atoms with Crippen LogP contribution in [0.4, 0.5) is 0 Å². The lowest BCUT2D eigenvalue weighted by atomic mass is 9.70. The van der Waals surface area contributed by atoms with Crippen molar-refractivity contribution >= 4 is 17.5 Å². The van der Waals surface area contributed by atoms with Crippen molar-refractivity contribution in [2.45, 2.75) is 57.9 Å². The zero-order chi connectivity index (χ0) is 27.5. The number of amides is 1. The van der Waals surface area contributed by atoms with E-state index in [0.717, 1.165) is 5.56 Å². The van der Waals surface area contributed by atoms with E-state index >= 15 is 0 Å². The highest BCUT2D eigenvalue weighted by Crippen LogP contribution is 2.37.